The summed E-state index contributed by atoms with van der Waals surface area (Å²) in [4.78, 5) is 11.9. The van der Waals surface area contributed by atoms with E-state index in [9.17, 15) is 45.6 Å². The Labute approximate surface area is 328 Å². The van der Waals surface area contributed by atoms with Crippen LogP contribution in [0.4, 0.5) is 0 Å². The molecule has 0 aromatic rings. The predicted molar refractivity (Wildman–Crippen MR) is 193 cm³/mol. The zero-order valence-electron chi connectivity index (χ0n) is 33.3. The summed E-state index contributed by atoms with van der Waals surface area (Å²) in [6, 6.07) is 0. The van der Waals surface area contributed by atoms with Crippen LogP contribution in [-0.4, -0.2) is 157 Å². The van der Waals surface area contributed by atoms with Crippen molar-refractivity contribution in [3.8, 4) is 0 Å². The van der Waals surface area contributed by atoms with E-state index in [-0.39, 0.29) is 40.7 Å². The summed E-state index contributed by atoms with van der Waals surface area (Å²) in [5.41, 5.74) is -0.244. The lowest BCUT2D eigenvalue weighted by molar-refractivity contribution is -0.377. The lowest BCUT2D eigenvalue weighted by Gasteiger charge is -2.58. The molecule has 16 heteroatoms. The Balaban J connectivity index is 0.965. The van der Waals surface area contributed by atoms with Crippen molar-refractivity contribution in [2.45, 2.75) is 197 Å². The number of rotatable bonds is 8. The van der Waals surface area contributed by atoms with Gasteiger partial charge in [-0.05, 0) is 101 Å². The molecular formula is C40H64O16. The van der Waals surface area contributed by atoms with E-state index in [0.29, 0.717) is 25.9 Å². The first-order chi connectivity index (χ1) is 26.3. The minimum atomic E-state index is -1.70. The number of carbonyl (C=O) groups excluding carboxylic acids is 1. The molecule has 56 heavy (non-hydrogen) atoms. The predicted octanol–water partition coefficient (Wildman–Crippen LogP) is 0.160. The van der Waals surface area contributed by atoms with E-state index < -0.39 is 97.7 Å². The zero-order valence-corrected chi connectivity index (χ0v) is 33.3. The third kappa shape index (κ3) is 7.31. The standard InChI is InChI=1S/C40H64O16/c1-17-23(9-13-39(6)24(10-14-40(17,39)49)21-15-25(41)50-16-21)38(5)11-7-22(8-12-38)54-36-31(47)33(27(43)19(3)52-36)56-37-32(48)34(28(44)20(4)53-37)55-35-30(46)29(45)26(42)18(2)51-35/h15,17-20,22-24,26-37,42-49H,7-14,16H2,1-6H3/t17-,18?,19?,20?,22?,23?,24-,26?,27?,28?,29+,30+,31+,32+,33+,34+,35?,36?,37?,38?,39?,40+/m1/s1. The molecule has 7 aliphatic rings. The number of ether oxygens (including phenoxy) is 7. The van der Waals surface area contributed by atoms with Gasteiger partial charge in [-0.15, -0.1) is 0 Å². The minimum absolute atomic E-state index is 0.0468. The Kier molecular flexibility index (Phi) is 12.2. The summed E-state index contributed by atoms with van der Waals surface area (Å²) in [7, 11) is 0. The maximum Gasteiger partial charge on any atom is 0.331 e. The van der Waals surface area contributed by atoms with E-state index in [2.05, 4.69) is 20.8 Å². The molecule has 0 amide bonds. The Morgan fingerprint density at radius 2 is 1.14 bits per heavy atom. The van der Waals surface area contributed by atoms with Crippen molar-refractivity contribution in [3.05, 3.63) is 11.6 Å². The van der Waals surface area contributed by atoms with Crippen molar-refractivity contribution in [2.24, 2.45) is 28.6 Å². The van der Waals surface area contributed by atoms with Gasteiger partial charge in [0.1, 0.15) is 61.5 Å². The van der Waals surface area contributed by atoms with Crippen molar-refractivity contribution in [1.29, 1.82) is 0 Å². The summed E-state index contributed by atoms with van der Waals surface area (Å²) in [5.74, 6) is 0.147. The summed E-state index contributed by atoms with van der Waals surface area (Å²) < 4.78 is 40.7. The molecule has 320 valence electrons. The van der Waals surface area contributed by atoms with Gasteiger partial charge in [0.15, 0.2) is 18.9 Å². The molecule has 16 nitrogen and oxygen atoms in total. The van der Waals surface area contributed by atoms with E-state index in [0.717, 1.165) is 37.7 Å². The average molecular weight is 801 g/mol. The molecule has 6 fully saturated rings. The molecular weight excluding hydrogens is 736 g/mol. The average Bonchev–Trinajstić information content (AvgIpc) is 3.71. The highest BCUT2D eigenvalue weighted by Gasteiger charge is 2.65. The molecule has 11 unspecified atom stereocenters. The molecule has 20 atom stereocenters. The monoisotopic (exact) mass is 800 g/mol. The van der Waals surface area contributed by atoms with Crippen LogP contribution < -0.4 is 0 Å². The van der Waals surface area contributed by atoms with Gasteiger partial charge in [0.25, 0.3) is 0 Å². The highest BCUT2D eigenvalue weighted by Crippen LogP contribution is 2.66. The van der Waals surface area contributed by atoms with Gasteiger partial charge in [-0.3, -0.25) is 0 Å². The topological polar surface area (TPSA) is 244 Å². The lowest BCUT2D eigenvalue weighted by Crippen LogP contribution is -2.65. The number of aliphatic hydroxyl groups is 8. The Morgan fingerprint density at radius 3 is 1.68 bits per heavy atom. The molecule has 4 aliphatic heterocycles. The summed E-state index contributed by atoms with van der Waals surface area (Å²) in [6.07, 6.45) is -12.6. The van der Waals surface area contributed by atoms with Gasteiger partial charge >= 0.3 is 5.97 Å². The SMILES string of the molecule is CC1OC(O[C@H]2C(O)C(C)OC(O[C@H]3C(O)C(C)OC(OC4CCC(C)(C5CCC6(C)[C@@H](C7=CC(=O)OC7)CC[C@]6(O)[C@@H]5C)CC4)[C@H]3O)[C@H]2O)[C@@H](O)[C@@H](O)C1O. The Morgan fingerprint density at radius 1 is 0.625 bits per heavy atom. The van der Waals surface area contributed by atoms with Crippen molar-refractivity contribution in [3.63, 3.8) is 0 Å². The molecule has 0 aromatic carbocycles. The second kappa shape index (κ2) is 15.9. The third-order valence-electron chi connectivity index (χ3n) is 15.3. The molecule has 8 N–H and O–H groups in total. The van der Waals surface area contributed by atoms with Crippen LogP contribution in [0, 0.1) is 28.6 Å². The Bertz CT molecular complexity index is 1440. The van der Waals surface area contributed by atoms with Gasteiger partial charge in [0.2, 0.25) is 0 Å². The number of carbonyl (C=O) groups is 1. The van der Waals surface area contributed by atoms with Gasteiger partial charge in [-0.25, -0.2) is 4.79 Å². The largest absolute Gasteiger partial charge is 0.458 e. The molecule has 4 heterocycles. The maximum atomic E-state index is 12.4. The van der Waals surface area contributed by atoms with Crippen LogP contribution in [0.3, 0.4) is 0 Å². The first-order valence-corrected chi connectivity index (χ1v) is 20.6. The number of aliphatic hydroxyl groups excluding tert-OH is 7. The van der Waals surface area contributed by atoms with E-state index in [1.165, 1.54) is 13.8 Å². The smallest absolute Gasteiger partial charge is 0.331 e. The summed E-state index contributed by atoms with van der Waals surface area (Å²) >= 11 is 0. The van der Waals surface area contributed by atoms with E-state index in [4.69, 9.17) is 33.2 Å². The van der Waals surface area contributed by atoms with Gasteiger partial charge in [0.05, 0.1) is 30.0 Å². The number of hydrogen-bond acceptors (Lipinski definition) is 16. The fraction of sp³-hybridized carbons (Fsp3) is 0.925. The third-order valence-corrected chi connectivity index (χ3v) is 15.3. The fourth-order valence-corrected chi connectivity index (χ4v) is 11.5. The van der Waals surface area contributed by atoms with Crippen LogP contribution in [0.15, 0.2) is 11.6 Å². The van der Waals surface area contributed by atoms with Crippen molar-refractivity contribution < 1.29 is 78.8 Å². The highest BCUT2D eigenvalue weighted by molar-refractivity contribution is 5.85. The fourth-order valence-electron chi connectivity index (χ4n) is 11.5. The van der Waals surface area contributed by atoms with Gasteiger partial charge in [-0.2, -0.15) is 0 Å². The maximum absolute atomic E-state index is 12.4. The molecule has 7 rings (SSSR count). The number of cyclic esters (lactones) is 1. The second-order valence-electron chi connectivity index (χ2n) is 18.4. The minimum Gasteiger partial charge on any atom is -0.458 e. The van der Waals surface area contributed by atoms with Crippen molar-refractivity contribution in [1.82, 2.24) is 0 Å². The van der Waals surface area contributed by atoms with Crippen LogP contribution in [0.25, 0.3) is 0 Å². The highest BCUT2D eigenvalue weighted by atomic mass is 16.7. The summed E-state index contributed by atoms with van der Waals surface area (Å²) in [5, 5.41) is 88.0. The van der Waals surface area contributed by atoms with Crippen LogP contribution in [0.2, 0.25) is 0 Å². The first-order valence-electron chi connectivity index (χ1n) is 20.6. The van der Waals surface area contributed by atoms with Crippen LogP contribution in [0.1, 0.15) is 92.9 Å². The molecule has 0 spiro atoms. The normalized spacial score (nSPS) is 55.4. The second-order valence-corrected chi connectivity index (χ2v) is 18.4. The van der Waals surface area contributed by atoms with Crippen molar-refractivity contribution >= 4 is 5.97 Å². The van der Waals surface area contributed by atoms with E-state index >= 15 is 0 Å². The quantitative estimate of drug-likeness (QED) is 0.153. The number of esters is 1. The van der Waals surface area contributed by atoms with Gasteiger partial charge in [-0.1, -0.05) is 20.8 Å². The molecule has 0 bridgehead atoms. The Hall–Kier alpha value is -1.35. The lowest BCUT2D eigenvalue weighted by atomic mass is 9.49. The first kappa shape index (κ1) is 42.8. The molecule has 0 aromatic heterocycles. The molecule has 3 saturated heterocycles. The number of hydrogen-bond donors (Lipinski definition) is 8. The van der Waals surface area contributed by atoms with Crippen LogP contribution in [0.5, 0.6) is 0 Å². The van der Waals surface area contributed by atoms with Crippen LogP contribution >= 0.6 is 0 Å². The molecule has 3 saturated carbocycles. The zero-order chi connectivity index (χ0) is 40.6. The summed E-state index contributed by atoms with van der Waals surface area (Å²) in [6.45, 7) is 11.6. The van der Waals surface area contributed by atoms with E-state index in [1.54, 1.807) is 13.0 Å². The molecule has 3 aliphatic carbocycles. The van der Waals surface area contributed by atoms with E-state index in [1.807, 2.05) is 0 Å². The van der Waals surface area contributed by atoms with Gasteiger partial charge in [0, 0.05) is 11.5 Å². The molecule has 0 radical (unpaired) electrons. The van der Waals surface area contributed by atoms with Crippen molar-refractivity contribution in [2.75, 3.05) is 6.61 Å². The van der Waals surface area contributed by atoms with Crippen LogP contribution in [-0.2, 0) is 38.0 Å². The van der Waals surface area contributed by atoms with Gasteiger partial charge < -0.3 is 74.0 Å². The number of fused-ring (bicyclic) bond motifs is 1.